The van der Waals surface area contributed by atoms with Crippen LogP contribution in [0.25, 0.3) is 10.2 Å². The first-order valence-corrected chi connectivity index (χ1v) is 9.83. The van der Waals surface area contributed by atoms with Gasteiger partial charge in [-0.15, -0.1) is 11.3 Å². The van der Waals surface area contributed by atoms with Crippen LogP contribution >= 0.6 is 11.3 Å². The van der Waals surface area contributed by atoms with Crippen molar-refractivity contribution >= 4 is 33.3 Å². The summed E-state index contributed by atoms with van der Waals surface area (Å²) in [4.78, 5) is 23.2. The Kier molecular flexibility index (Phi) is 4.84. The second-order valence-electron chi connectivity index (χ2n) is 6.38. The molecule has 0 bridgehead atoms. The Bertz CT molecular complexity index is 934. The molecule has 0 amide bonds. The quantitative estimate of drug-likeness (QED) is 0.679. The number of hydrogen-bond donors (Lipinski definition) is 1. The van der Waals surface area contributed by atoms with Gasteiger partial charge in [0.1, 0.15) is 17.0 Å². The number of thiophene rings is 1. The normalized spacial score (nSPS) is 13.4. The Morgan fingerprint density at radius 1 is 1.19 bits per heavy atom. The van der Waals surface area contributed by atoms with E-state index in [0.717, 1.165) is 29.1 Å². The van der Waals surface area contributed by atoms with Crippen molar-refractivity contribution in [3.63, 3.8) is 0 Å². The van der Waals surface area contributed by atoms with Crippen LogP contribution in [0.5, 0.6) is 0 Å². The Hall–Kier alpha value is -2.47. The molecule has 0 atom stereocenters. The van der Waals surface area contributed by atoms with Crippen LogP contribution in [0.4, 0.5) is 5.82 Å². The number of aryl methyl sites for hydroxylation is 2. The molecule has 26 heavy (non-hydrogen) atoms. The molecule has 0 saturated carbocycles. The van der Waals surface area contributed by atoms with E-state index >= 15 is 0 Å². The minimum atomic E-state index is -0.283. The van der Waals surface area contributed by atoms with Crippen molar-refractivity contribution in [3.8, 4) is 0 Å². The number of ether oxygens (including phenoxy) is 1. The van der Waals surface area contributed by atoms with E-state index in [-0.39, 0.29) is 5.97 Å². The second kappa shape index (κ2) is 7.41. The van der Waals surface area contributed by atoms with Crippen LogP contribution in [-0.4, -0.2) is 22.5 Å². The molecule has 0 radical (unpaired) electrons. The van der Waals surface area contributed by atoms with Crippen molar-refractivity contribution in [1.29, 1.82) is 0 Å². The number of nitrogens with one attached hydrogen (secondary N) is 1. The van der Waals surface area contributed by atoms with Crippen molar-refractivity contribution in [3.05, 3.63) is 52.2 Å². The van der Waals surface area contributed by atoms with Crippen LogP contribution in [0.3, 0.4) is 0 Å². The van der Waals surface area contributed by atoms with Gasteiger partial charge in [0.15, 0.2) is 0 Å². The number of esters is 1. The summed E-state index contributed by atoms with van der Waals surface area (Å²) in [7, 11) is 0. The van der Waals surface area contributed by atoms with Crippen molar-refractivity contribution in [2.24, 2.45) is 0 Å². The van der Waals surface area contributed by atoms with E-state index in [1.807, 2.05) is 19.1 Å². The molecular weight excluding hydrogens is 346 g/mol. The molecular formula is C20H21N3O2S. The lowest BCUT2D eigenvalue weighted by atomic mass is 9.97. The zero-order chi connectivity index (χ0) is 17.9. The number of carbonyl (C=O) groups is 1. The second-order valence-corrected chi connectivity index (χ2v) is 7.47. The first-order chi connectivity index (χ1) is 12.8. The number of aromatic nitrogens is 2. The molecule has 1 N–H and O–H groups in total. The Morgan fingerprint density at radius 2 is 2.00 bits per heavy atom. The molecule has 0 spiro atoms. The Balaban J connectivity index is 1.53. The van der Waals surface area contributed by atoms with E-state index in [1.54, 1.807) is 29.8 Å². The maximum absolute atomic E-state index is 11.7. The fourth-order valence-corrected chi connectivity index (χ4v) is 4.61. The average Bonchev–Trinajstić information content (AvgIpc) is 3.06. The van der Waals surface area contributed by atoms with Gasteiger partial charge in [0.05, 0.1) is 17.6 Å². The third-order valence-corrected chi connectivity index (χ3v) is 5.88. The van der Waals surface area contributed by atoms with E-state index < -0.39 is 0 Å². The van der Waals surface area contributed by atoms with Gasteiger partial charge in [-0.2, -0.15) is 0 Å². The highest BCUT2D eigenvalue weighted by molar-refractivity contribution is 7.19. The summed E-state index contributed by atoms with van der Waals surface area (Å²) in [6.07, 6.45) is 6.42. The standard InChI is InChI=1S/C20H21N3O2S/c1-2-25-20(24)14-9-7-13(8-10-14)11-21-18-17-15-5-3-4-6-16(15)26-19(17)23-12-22-18/h7-10,12H,2-6,11H2,1H3,(H,21,22,23). The fourth-order valence-electron chi connectivity index (χ4n) is 3.38. The highest BCUT2D eigenvalue weighted by atomic mass is 32.1. The highest BCUT2D eigenvalue weighted by Gasteiger charge is 2.19. The molecule has 0 fully saturated rings. The molecule has 134 valence electrons. The first-order valence-electron chi connectivity index (χ1n) is 9.01. The largest absolute Gasteiger partial charge is 0.462 e. The molecule has 0 saturated heterocycles. The topological polar surface area (TPSA) is 64.1 Å². The van der Waals surface area contributed by atoms with Gasteiger partial charge < -0.3 is 10.1 Å². The minimum absolute atomic E-state index is 0.283. The number of fused-ring (bicyclic) bond motifs is 3. The van der Waals surface area contributed by atoms with Crippen LogP contribution in [0.1, 0.15) is 46.1 Å². The lowest BCUT2D eigenvalue weighted by molar-refractivity contribution is 0.0526. The van der Waals surface area contributed by atoms with Gasteiger partial charge in [-0.3, -0.25) is 0 Å². The highest BCUT2D eigenvalue weighted by Crippen LogP contribution is 2.38. The van der Waals surface area contributed by atoms with Crippen LogP contribution in [0.2, 0.25) is 0 Å². The maximum Gasteiger partial charge on any atom is 0.338 e. The molecule has 5 nitrogen and oxygen atoms in total. The predicted octanol–water partition coefficient (Wildman–Crippen LogP) is 4.36. The Morgan fingerprint density at radius 3 is 2.81 bits per heavy atom. The SMILES string of the molecule is CCOC(=O)c1ccc(CNc2ncnc3sc4c(c23)CCCC4)cc1. The van der Waals surface area contributed by atoms with Crippen molar-refractivity contribution < 1.29 is 9.53 Å². The van der Waals surface area contributed by atoms with Gasteiger partial charge in [-0.05, 0) is 55.9 Å². The van der Waals surface area contributed by atoms with Gasteiger partial charge >= 0.3 is 5.97 Å². The number of hydrogen-bond acceptors (Lipinski definition) is 6. The summed E-state index contributed by atoms with van der Waals surface area (Å²) in [5.74, 6) is 0.623. The predicted molar refractivity (Wildman–Crippen MR) is 104 cm³/mol. The van der Waals surface area contributed by atoms with Gasteiger partial charge in [-0.1, -0.05) is 12.1 Å². The van der Waals surface area contributed by atoms with Crippen molar-refractivity contribution in [1.82, 2.24) is 9.97 Å². The van der Waals surface area contributed by atoms with Crippen LogP contribution in [-0.2, 0) is 24.1 Å². The summed E-state index contributed by atoms with van der Waals surface area (Å²) in [5, 5.41) is 4.64. The molecule has 2 aromatic heterocycles. The fraction of sp³-hybridized carbons (Fsp3) is 0.350. The van der Waals surface area contributed by atoms with Crippen LogP contribution < -0.4 is 5.32 Å². The molecule has 0 unspecified atom stereocenters. The zero-order valence-corrected chi connectivity index (χ0v) is 15.6. The lowest BCUT2D eigenvalue weighted by Gasteiger charge is -2.12. The molecule has 0 aliphatic heterocycles. The van der Waals surface area contributed by atoms with Gasteiger partial charge in [-0.25, -0.2) is 14.8 Å². The number of rotatable bonds is 5. The number of carbonyl (C=O) groups excluding carboxylic acids is 1. The molecule has 1 aliphatic rings. The maximum atomic E-state index is 11.7. The summed E-state index contributed by atoms with van der Waals surface area (Å²) >= 11 is 1.80. The van der Waals surface area contributed by atoms with Gasteiger partial charge in [0.25, 0.3) is 0 Å². The van der Waals surface area contributed by atoms with Crippen LogP contribution in [0, 0.1) is 0 Å². The summed E-state index contributed by atoms with van der Waals surface area (Å²) < 4.78 is 5.02. The first kappa shape index (κ1) is 17.0. The average molecular weight is 367 g/mol. The molecule has 1 aliphatic carbocycles. The molecule has 2 heterocycles. The monoisotopic (exact) mass is 367 g/mol. The minimum Gasteiger partial charge on any atom is -0.462 e. The Labute approximate surface area is 156 Å². The zero-order valence-electron chi connectivity index (χ0n) is 14.7. The van der Waals surface area contributed by atoms with E-state index in [2.05, 4.69) is 15.3 Å². The summed E-state index contributed by atoms with van der Waals surface area (Å²) in [6.45, 7) is 2.85. The number of nitrogens with zero attached hydrogens (tertiary/aromatic N) is 2. The van der Waals surface area contributed by atoms with Gasteiger partial charge in [0.2, 0.25) is 0 Å². The third-order valence-electron chi connectivity index (χ3n) is 4.68. The van der Waals surface area contributed by atoms with E-state index in [1.165, 1.54) is 28.7 Å². The van der Waals surface area contributed by atoms with E-state index in [9.17, 15) is 4.79 Å². The number of anilines is 1. The smallest absolute Gasteiger partial charge is 0.338 e. The van der Waals surface area contributed by atoms with Crippen molar-refractivity contribution in [2.75, 3.05) is 11.9 Å². The van der Waals surface area contributed by atoms with Gasteiger partial charge in [0, 0.05) is 11.4 Å². The third kappa shape index (κ3) is 3.29. The number of benzene rings is 1. The lowest BCUT2D eigenvalue weighted by Crippen LogP contribution is -2.06. The summed E-state index contributed by atoms with van der Waals surface area (Å²) in [6, 6.07) is 7.50. The molecule has 6 heteroatoms. The molecule has 4 rings (SSSR count). The molecule has 1 aromatic carbocycles. The van der Waals surface area contributed by atoms with E-state index in [0.29, 0.717) is 18.7 Å². The molecule has 3 aromatic rings. The summed E-state index contributed by atoms with van der Waals surface area (Å²) in [5.41, 5.74) is 3.10. The van der Waals surface area contributed by atoms with Crippen molar-refractivity contribution in [2.45, 2.75) is 39.2 Å². The van der Waals surface area contributed by atoms with E-state index in [4.69, 9.17) is 4.74 Å². The van der Waals surface area contributed by atoms with Crippen LogP contribution in [0.15, 0.2) is 30.6 Å².